The Bertz CT molecular complexity index is 990. The fourth-order valence-corrected chi connectivity index (χ4v) is 3.42. The summed E-state index contributed by atoms with van der Waals surface area (Å²) < 4.78 is 5.20. The molecule has 1 aliphatic heterocycles. The molecule has 0 saturated carbocycles. The lowest BCUT2D eigenvalue weighted by atomic mass is 10.1. The lowest BCUT2D eigenvalue weighted by molar-refractivity contribution is 0.0952. The van der Waals surface area contributed by atoms with Gasteiger partial charge in [-0.1, -0.05) is 11.2 Å². The third-order valence-corrected chi connectivity index (χ3v) is 5.08. The van der Waals surface area contributed by atoms with Crippen LogP contribution in [0.5, 0.6) is 0 Å². The number of aromatic nitrogens is 3. The molecular formula is C20H24N6O2. The Hall–Kier alpha value is -3.00. The summed E-state index contributed by atoms with van der Waals surface area (Å²) in [5, 5.41) is 7.54. The normalized spacial score (nSPS) is 15.2. The first-order chi connectivity index (χ1) is 13.5. The van der Waals surface area contributed by atoms with E-state index in [0.717, 1.165) is 37.6 Å². The molecule has 0 unspecified atom stereocenters. The van der Waals surface area contributed by atoms with E-state index in [1.807, 2.05) is 25.3 Å². The second kappa shape index (κ2) is 7.55. The Morgan fingerprint density at radius 1 is 1.21 bits per heavy atom. The van der Waals surface area contributed by atoms with Gasteiger partial charge in [0.15, 0.2) is 0 Å². The summed E-state index contributed by atoms with van der Waals surface area (Å²) in [6, 6.07) is 5.79. The van der Waals surface area contributed by atoms with Crippen molar-refractivity contribution in [1.82, 2.24) is 25.3 Å². The molecule has 1 fully saturated rings. The summed E-state index contributed by atoms with van der Waals surface area (Å²) in [6.45, 7) is 8.09. The molecule has 8 nitrogen and oxygen atoms in total. The molecule has 0 atom stereocenters. The number of rotatable bonds is 4. The molecule has 1 N–H and O–H groups in total. The van der Waals surface area contributed by atoms with Gasteiger partial charge in [0.05, 0.1) is 16.6 Å². The van der Waals surface area contributed by atoms with Gasteiger partial charge in [0.1, 0.15) is 5.82 Å². The molecule has 28 heavy (non-hydrogen) atoms. The summed E-state index contributed by atoms with van der Waals surface area (Å²) in [5.74, 6) is 0.805. The molecule has 1 aliphatic rings. The van der Waals surface area contributed by atoms with Crippen molar-refractivity contribution in [1.29, 1.82) is 0 Å². The first-order valence-corrected chi connectivity index (χ1v) is 9.41. The Balaban J connectivity index is 1.43. The SMILES string of the molecule is Cc1cc(C(=O)NCc2ccc(N3CCN(C)CC3)nc2)c2c(C)noc2n1. The molecule has 0 aromatic carbocycles. The second-order valence-corrected chi connectivity index (χ2v) is 7.26. The summed E-state index contributed by atoms with van der Waals surface area (Å²) in [6.07, 6.45) is 1.83. The zero-order chi connectivity index (χ0) is 19.7. The van der Waals surface area contributed by atoms with Crippen LogP contribution in [0.25, 0.3) is 11.1 Å². The predicted octanol–water partition coefficient (Wildman–Crippen LogP) is 1.92. The molecule has 0 spiro atoms. The number of piperazine rings is 1. The topological polar surface area (TPSA) is 87.4 Å². The van der Waals surface area contributed by atoms with E-state index in [1.54, 1.807) is 13.0 Å². The number of fused-ring (bicyclic) bond motifs is 1. The molecule has 8 heteroatoms. The zero-order valence-electron chi connectivity index (χ0n) is 16.4. The summed E-state index contributed by atoms with van der Waals surface area (Å²) in [5.41, 5.74) is 3.25. The van der Waals surface area contributed by atoms with Crippen molar-refractivity contribution in [2.45, 2.75) is 20.4 Å². The maximum absolute atomic E-state index is 12.7. The molecule has 1 amide bonds. The van der Waals surface area contributed by atoms with E-state index in [1.165, 1.54) is 0 Å². The number of aryl methyl sites for hydroxylation is 2. The van der Waals surface area contributed by atoms with Crippen LogP contribution in [-0.4, -0.2) is 59.2 Å². The van der Waals surface area contributed by atoms with Gasteiger partial charge >= 0.3 is 0 Å². The third-order valence-electron chi connectivity index (χ3n) is 5.08. The third kappa shape index (κ3) is 3.68. The number of amides is 1. The van der Waals surface area contributed by atoms with Crippen LogP contribution in [0.4, 0.5) is 5.82 Å². The number of anilines is 1. The number of pyridine rings is 2. The maximum atomic E-state index is 12.7. The van der Waals surface area contributed by atoms with Crippen LogP contribution in [0.2, 0.25) is 0 Å². The van der Waals surface area contributed by atoms with Crippen LogP contribution in [0.1, 0.15) is 27.3 Å². The minimum atomic E-state index is -0.176. The van der Waals surface area contributed by atoms with Gasteiger partial charge in [0.2, 0.25) is 0 Å². The predicted molar refractivity (Wildman–Crippen MR) is 106 cm³/mol. The molecule has 3 aromatic rings. The van der Waals surface area contributed by atoms with Crippen LogP contribution in [0.3, 0.4) is 0 Å². The van der Waals surface area contributed by atoms with Crippen LogP contribution in [0, 0.1) is 13.8 Å². The molecule has 3 aromatic heterocycles. The van der Waals surface area contributed by atoms with E-state index in [0.29, 0.717) is 34.6 Å². The highest BCUT2D eigenvalue weighted by atomic mass is 16.5. The largest absolute Gasteiger partial charge is 0.354 e. The standard InChI is InChI=1S/C20H24N6O2/c1-13-10-16(18-14(2)24-28-20(18)23-13)19(27)22-12-15-4-5-17(21-11-15)26-8-6-25(3)7-9-26/h4-5,10-11H,6-9,12H2,1-3H3,(H,22,27). The Morgan fingerprint density at radius 3 is 2.71 bits per heavy atom. The van der Waals surface area contributed by atoms with Gasteiger partial charge in [0, 0.05) is 44.6 Å². The van der Waals surface area contributed by atoms with E-state index < -0.39 is 0 Å². The molecule has 146 valence electrons. The molecule has 4 heterocycles. The van der Waals surface area contributed by atoms with Gasteiger partial charge in [-0.15, -0.1) is 0 Å². The second-order valence-electron chi connectivity index (χ2n) is 7.26. The van der Waals surface area contributed by atoms with E-state index in [2.05, 4.69) is 37.3 Å². The lowest BCUT2D eigenvalue weighted by Crippen LogP contribution is -2.44. The minimum Gasteiger partial charge on any atom is -0.354 e. The molecular weight excluding hydrogens is 356 g/mol. The number of hydrogen-bond acceptors (Lipinski definition) is 7. The minimum absolute atomic E-state index is 0.176. The Morgan fingerprint density at radius 2 is 2.00 bits per heavy atom. The number of nitrogens with one attached hydrogen (secondary N) is 1. The molecule has 0 radical (unpaired) electrons. The fourth-order valence-electron chi connectivity index (χ4n) is 3.42. The quantitative estimate of drug-likeness (QED) is 0.740. The smallest absolute Gasteiger partial charge is 0.258 e. The van der Waals surface area contributed by atoms with Gasteiger partial charge in [-0.3, -0.25) is 4.79 Å². The summed E-state index contributed by atoms with van der Waals surface area (Å²) >= 11 is 0. The van der Waals surface area contributed by atoms with E-state index in [-0.39, 0.29) is 5.91 Å². The van der Waals surface area contributed by atoms with Gasteiger partial charge in [-0.05, 0) is 38.6 Å². The van der Waals surface area contributed by atoms with Crippen molar-refractivity contribution in [2.24, 2.45) is 0 Å². The molecule has 0 aliphatic carbocycles. The summed E-state index contributed by atoms with van der Waals surface area (Å²) in [7, 11) is 2.13. The highest BCUT2D eigenvalue weighted by molar-refractivity contribution is 6.05. The van der Waals surface area contributed by atoms with Gasteiger partial charge in [-0.25, -0.2) is 9.97 Å². The average Bonchev–Trinajstić information content (AvgIpc) is 3.07. The maximum Gasteiger partial charge on any atom is 0.258 e. The number of hydrogen-bond donors (Lipinski definition) is 1. The van der Waals surface area contributed by atoms with Crippen molar-refractivity contribution >= 4 is 22.8 Å². The number of likely N-dealkylation sites (N-methyl/N-ethyl adjacent to an activating group) is 1. The molecule has 0 bridgehead atoms. The Kier molecular flexibility index (Phi) is 4.95. The number of nitrogens with zero attached hydrogens (tertiary/aromatic N) is 5. The molecule has 4 rings (SSSR count). The van der Waals surface area contributed by atoms with Gasteiger partial charge in [-0.2, -0.15) is 0 Å². The zero-order valence-corrected chi connectivity index (χ0v) is 16.4. The van der Waals surface area contributed by atoms with Crippen molar-refractivity contribution in [2.75, 3.05) is 38.1 Å². The van der Waals surface area contributed by atoms with Gasteiger partial charge < -0.3 is 19.6 Å². The van der Waals surface area contributed by atoms with Crippen molar-refractivity contribution < 1.29 is 9.32 Å². The van der Waals surface area contributed by atoms with Crippen LogP contribution < -0.4 is 10.2 Å². The highest BCUT2D eigenvalue weighted by Gasteiger charge is 2.18. The van der Waals surface area contributed by atoms with Crippen molar-refractivity contribution in [3.05, 3.63) is 46.9 Å². The van der Waals surface area contributed by atoms with Crippen molar-refractivity contribution in [3.8, 4) is 0 Å². The van der Waals surface area contributed by atoms with E-state index in [9.17, 15) is 4.79 Å². The summed E-state index contributed by atoms with van der Waals surface area (Å²) in [4.78, 5) is 26.2. The lowest BCUT2D eigenvalue weighted by Gasteiger charge is -2.33. The van der Waals surface area contributed by atoms with Crippen LogP contribution in [0.15, 0.2) is 28.9 Å². The number of carbonyl (C=O) groups is 1. The van der Waals surface area contributed by atoms with Crippen LogP contribution in [-0.2, 0) is 6.54 Å². The monoisotopic (exact) mass is 380 g/mol. The van der Waals surface area contributed by atoms with Gasteiger partial charge in [0.25, 0.3) is 11.6 Å². The Labute approximate surface area is 163 Å². The van der Waals surface area contributed by atoms with Crippen LogP contribution >= 0.6 is 0 Å². The average molecular weight is 380 g/mol. The molecule has 1 saturated heterocycles. The fraction of sp³-hybridized carbons (Fsp3) is 0.400. The first kappa shape index (κ1) is 18.4. The van der Waals surface area contributed by atoms with Crippen molar-refractivity contribution in [3.63, 3.8) is 0 Å². The first-order valence-electron chi connectivity index (χ1n) is 9.41. The van der Waals surface area contributed by atoms with E-state index >= 15 is 0 Å². The van der Waals surface area contributed by atoms with E-state index in [4.69, 9.17) is 4.52 Å². The highest BCUT2D eigenvalue weighted by Crippen LogP contribution is 2.22. The number of carbonyl (C=O) groups excluding carboxylic acids is 1.